The number of benzene rings is 2. The molecule has 6 nitrogen and oxygen atoms in total. The van der Waals surface area contributed by atoms with Crippen molar-refractivity contribution in [3.8, 4) is 39.1 Å². The van der Waals surface area contributed by atoms with Crippen molar-refractivity contribution in [1.82, 2.24) is 15.2 Å². The van der Waals surface area contributed by atoms with E-state index in [0.717, 1.165) is 33.9 Å². The number of aromatic nitrogens is 1. The van der Waals surface area contributed by atoms with Crippen LogP contribution in [-0.4, -0.2) is 46.3 Å². The molecule has 7 heteroatoms. The zero-order chi connectivity index (χ0) is 25.2. The molecule has 1 atom stereocenters. The van der Waals surface area contributed by atoms with Gasteiger partial charge < -0.3 is 20.1 Å². The van der Waals surface area contributed by atoms with Gasteiger partial charge in [-0.15, -0.1) is 17.8 Å². The van der Waals surface area contributed by atoms with Crippen LogP contribution in [0.1, 0.15) is 55.8 Å². The molecule has 2 aliphatic rings. The van der Waals surface area contributed by atoms with Crippen LogP contribution in [0.3, 0.4) is 0 Å². The Kier molecular flexibility index (Phi) is 6.99. The van der Waals surface area contributed by atoms with E-state index in [1.807, 2.05) is 43.1 Å². The van der Waals surface area contributed by atoms with Crippen molar-refractivity contribution in [1.29, 1.82) is 0 Å². The van der Waals surface area contributed by atoms with E-state index < -0.39 is 0 Å². The van der Waals surface area contributed by atoms with E-state index in [-0.39, 0.29) is 24.3 Å². The number of nitrogens with zero attached hydrogens (tertiary/aromatic N) is 2. The standard InChI is InChI=1S/C29H31N3O3S/c1-4-19-16-20(8-11-26(19)35-18(2)3)28-30-17-27(36-28)24-7-5-6-23-22(24)9-10-25(23)31-29(34)32-14-12-21(33)13-15-32/h1,5-8,11,16-18,21,25,33H,9-10,12-15H2,2-3H3,(H,31,34)/t25-/m0/s1. The number of hydrogen-bond donors (Lipinski definition) is 2. The van der Waals surface area contributed by atoms with Crippen LogP contribution in [-0.2, 0) is 6.42 Å². The maximum Gasteiger partial charge on any atom is 0.317 e. The molecule has 0 bridgehead atoms. The van der Waals surface area contributed by atoms with Crippen LogP contribution in [0.2, 0.25) is 0 Å². The number of aliphatic hydroxyl groups is 1. The van der Waals surface area contributed by atoms with Gasteiger partial charge in [0.25, 0.3) is 0 Å². The first-order valence-corrected chi connectivity index (χ1v) is 13.3. The summed E-state index contributed by atoms with van der Waals surface area (Å²) < 4.78 is 5.83. The topological polar surface area (TPSA) is 74.7 Å². The first kappa shape index (κ1) is 24.4. The summed E-state index contributed by atoms with van der Waals surface area (Å²) in [6.07, 6.45) is 10.5. The number of urea groups is 1. The van der Waals surface area contributed by atoms with Gasteiger partial charge in [-0.25, -0.2) is 9.78 Å². The largest absolute Gasteiger partial charge is 0.490 e. The summed E-state index contributed by atoms with van der Waals surface area (Å²) in [7, 11) is 0. The van der Waals surface area contributed by atoms with Crippen LogP contribution in [0, 0.1) is 12.3 Å². The van der Waals surface area contributed by atoms with Crippen molar-refractivity contribution in [2.24, 2.45) is 0 Å². The third-order valence-electron chi connectivity index (χ3n) is 6.84. The van der Waals surface area contributed by atoms with Gasteiger partial charge in [0.05, 0.1) is 28.7 Å². The first-order chi connectivity index (χ1) is 17.4. The zero-order valence-corrected chi connectivity index (χ0v) is 21.5. The minimum atomic E-state index is -0.294. The minimum Gasteiger partial charge on any atom is -0.490 e. The highest BCUT2D eigenvalue weighted by Gasteiger charge is 2.29. The van der Waals surface area contributed by atoms with E-state index in [1.54, 1.807) is 11.3 Å². The number of thiazole rings is 1. The molecule has 1 aromatic heterocycles. The van der Waals surface area contributed by atoms with Crippen LogP contribution < -0.4 is 10.1 Å². The molecule has 0 spiro atoms. The molecule has 5 rings (SSSR count). The molecule has 1 aliphatic carbocycles. The van der Waals surface area contributed by atoms with Gasteiger partial charge in [0.2, 0.25) is 0 Å². The lowest BCUT2D eigenvalue weighted by atomic mass is 10.0. The van der Waals surface area contributed by atoms with Gasteiger partial charge in [-0.05, 0) is 74.4 Å². The van der Waals surface area contributed by atoms with Crippen molar-refractivity contribution in [3.05, 3.63) is 59.3 Å². The number of hydrogen-bond acceptors (Lipinski definition) is 5. The molecule has 2 aromatic carbocycles. The number of aliphatic hydroxyl groups excluding tert-OH is 1. The summed E-state index contributed by atoms with van der Waals surface area (Å²) in [5.74, 6) is 3.44. The molecule has 0 radical (unpaired) electrons. The number of rotatable bonds is 5. The average Bonchev–Trinajstić information content (AvgIpc) is 3.52. The predicted molar refractivity (Wildman–Crippen MR) is 143 cm³/mol. The van der Waals surface area contributed by atoms with Crippen molar-refractivity contribution in [2.45, 2.75) is 57.8 Å². The lowest BCUT2D eigenvalue weighted by molar-refractivity contribution is 0.0928. The van der Waals surface area contributed by atoms with Gasteiger partial charge in [-0.1, -0.05) is 24.1 Å². The van der Waals surface area contributed by atoms with Gasteiger partial charge in [0.1, 0.15) is 10.8 Å². The lowest BCUT2D eigenvalue weighted by Crippen LogP contribution is -2.46. The first-order valence-electron chi connectivity index (χ1n) is 12.5. The number of amides is 2. The highest BCUT2D eigenvalue weighted by Crippen LogP contribution is 2.41. The van der Waals surface area contributed by atoms with E-state index in [1.165, 1.54) is 16.7 Å². The Labute approximate surface area is 216 Å². The Morgan fingerprint density at radius 3 is 2.81 bits per heavy atom. The molecule has 186 valence electrons. The van der Waals surface area contributed by atoms with Crippen LogP contribution in [0.4, 0.5) is 4.79 Å². The fourth-order valence-corrected chi connectivity index (χ4v) is 5.97. The number of carbonyl (C=O) groups is 1. The van der Waals surface area contributed by atoms with Crippen molar-refractivity contribution < 1.29 is 14.6 Å². The highest BCUT2D eigenvalue weighted by atomic mass is 32.1. The fraction of sp³-hybridized carbons (Fsp3) is 0.379. The van der Waals surface area contributed by atoms with Crippen LogP contribution in [0.15, 0.2) is 42.6 Å². The molecule has 3 aromatic rings. The van der Waals surface area contributed by atoms with Gasteiger partial charge >= 0.3 is 6.03 Å². The molecule has 2 N–H and O–H groups in total. The number of carbonyl (C=O) groups excluding carboxylic acids is 1. The molecule has 1 fully saturated rings. The summed E-state index contributed by atoms with van der Waals surface area (Å²) in [6.45, 7) is 5.16. The van der Waals surface area contributed by atoms with E-state index >= 15 is 0 Å². The summed E-state index contributed by atoms with van der Waals surface area (Å²) in [4.78, 5) is 20.4. The molecule has 2 amide bonds. The van der Waals surface area contributed by atoms with E-state index in [4.69, 9.17) is 16.1 Å². The van der Waals surface area contributed by atoms with Crippen molar-refractivity contribution in [2.75, 3.05) is 13.1 Å². The number of ether oxygens (including phenoxy) is 1. The molecule has 0 saturated carbocycles. The number of piperidine rings is 1. The Hall–Kier alpha value is -3.34. The van der Waals surface area contributed by atoms with Gasteiger partial charge in [0, 0.05) is 24.8 Å². The van der Waals surface area contributed by atoms with Gasteiger partial charge in [0.15, 0.2) is 0 Å². The molecule has 1 saturated heterocycles. The summed E-state index contributed by atoms with van der Waals surface area (Å²) in [5.41, 5.74) is 5.32. The van der Waals surface area contributed by atoms with Crippen LogP contribution >= 0.6 is 11.3 Å². The van der Waals surface area contributed by atoms with Crippen LogP contribution in [0.5, 0.6) is 5.75 Å². The second-order valence-corrected chi connectivity index (χ2v) is 10.7. The van der Waals surface area contributed by atoms with Gasteiger partial charge in [-0.3, -0.25) is 0 Å². The molecule has 36 heavy (non-hydrogen) atoms. The van der Waals surface area contributed by atoms with E-state index in [9.17, 15) is 9.90 Å². The van der Waals surface area contributed by atoms with Crippen LogP contribution in [0.25, 0.3) is 21.0 Å². The number of likely N-dealkylation sites (tertiary alicyclic amines) is 1. The summed E-state index contributed by atoms with van der Waals surface area (Å²) in [5, 5.41) is 13.9. The second-order valence-electron chi connectivity index (χ2n) is 9.68. The van der Waals surface area contributed by atoms with Crippen molar-refractivity contribution >= 4 is 17.4 Å². The van der Waals surface area contributed by atoms with Gasteiger partial charge in [-0.2, -0.15) is 0 Å². The average molecular weight is 502 g/mol. The Bertz CT molecular complexity index is 1300. The number of fused-ring (bicyclic) bond motifs is 1. The number of nitrogens with one attached hydrogen (secondary N) is 1. The van der Waals surface area contributed by atoms with E-state index in [2.05, 4.69) is 29.4 Å². The molecule has 1 aliphatic heterocycles. The summed E-state index contributed by atoms with van der Waals surface area (Å²) in [6, 6.07) is 12.1. The quantitative estimate of drug-likeness (QED) is 0.459. The lowest BCUT2D eigenvalue weighted by Gasteiger charge is -2.30. The third kappa shape index (κ3) is 4.97. The smallest absolute Gasteiger partial charge is 0.317 e. The third-order valence-corrected chi connectivity index (χ3v) is 7.92. The maximum absolute atomic E-state index is 12.8. The normalized spacial score (nSPS) is 17.6. The molecule has 2 heterocycles. The molecule has 0 unspecified atom stereocenters. The molecular weight excluding hydrogens is 470 g/mol. The predicted octanol–water partition coefficient (Wildman–Crippen LogP) is 5.40. The highest BCUT2D eigenvalue weighted by molar-refractivity contribution is 7.18. The monoisotopic (exact) mass is 501 g/mol. The number of terminal acetylenes is 1. The Morgan fingerprint density at radius 1 is 1.25 bits per heavy atom. The fourth-order valence-electron chi connectivity index (χ4n) is 5.01. The Morgan fingerprint density at radius 2 is 2.06 bits per heavy atom. The maximum atomic E-state index is 12.8. The van der Waals surface area contributed by atoms with E-state index in [0.29, 0.717) is 31.7 Å². The zero-order valence-electron chi connectivity index (χ0n) is 20.7. The SMILES string of the molecule is C#Cc1cc(-c2ncc(-c3cccc4c3CC[C@@H]4NC(=O)N3CCC(O)CC3)s2)ccc1OC(C)C. The summed E-state index contributed by atoms with van der Waals surface area (Å²) >= 11 is 1.64. The minimum absolute atomic E-state index is 0.00150. The second kappa shape index (κ2) is 10.3. The molecular formula is C29H31N3O3S. The van der Waals surface area contributed by atoms with Crippen molar-refractivity contribution in [3.63, 3.8) is 0 Å². The Balaban J connectivity index is 1.35.